The zero-order chi connectivity index (χ0) is 17.0. The Morgan fingerprint density at radius 3 is 2.30 bits per heavy atom. The fourth-order valence-electron chi connectivity index (χ4n) is 2.55. The molecule has 8 heteroatoms. The maximum absolute atomic E-state index is 12.2. The van der Waals surface area contributed by atoms with Crippen LogP contribution in [-0.4, -0.2) is 56.6 Å². The summed E-state index contributed by atoms with van der Waals surface area (Å²) in [4.78, 5) is 38.3. The van der Waals surface area contributed by atoms with Crippen molar-refractivity contribution in [3.8, 4) is 0 Å². The molecule has 1 aliphatic heterocycles. The number of anilines is 1. The third kappa shape index (κ3) is 3.89. The summed E-state index contributed by atoms with van der Waals surface area (Å²) < 4.78 is 9.46. The fraction of sp³-hybridized carbons (Fsp3) is 0.533. The monoisotopic (exact) mass is 340 g/mol. The highest BCUT2D eigenvalue weighted by molar-refractivity contribution is 7.18. The second-order valence-electron chi connectivity index (χ2n) is 5.27. The van der Waals surface area contributed by atoms with Gasteiger partial charge in [0.1, 0.15) is 9.88 Å². The minimum absolute atomic E-state index is 0.202. The molecule has 1 saturated heterocycles. The molecular weight excluding hydrogens is 320 g/mol. The van der Waals surface area contributed by atoms with E-state index in [0.717, 1.165) is 37.3 Å². The topological polar surface area (TPSA) is 84.9 Å². The lowest BCUT2D eigenvalue weighted by molar-refractivity contribution is -0.117. The van der Waals surface area contributed by atoms with Crippen LogP contribution in [0.1, 0.15) is 38.4 Å². The number of ether oxygens (including phenoxy) is 2. The van der Waals surface area contributed by atoms with E-state index in [0.29, 0.717) is 10.6 Å². The first-order chi connectivity index (χ1) is 11.0. The van der Waals surface area contributed by atoms with Gasteiger partial charge in [-0.05, 0) is 38.4 Å². The van der Waals surface area contributed by atoms with E-state index in [1.807, 2.05) is 0 Å². The first kappa shape index (κ1) is 17.4. The molecule has 1 fully saturated rings. The number of amides is 1. The Kier molecular flexibility index (Phi) is 5.73. The van der Waals surface area contributed by atoms with E-state index >= 15 is 0 Å². The number of nitrogens with one attached hydrogen (secondary N) is 1. The predicted octanol–water partition coefficient (Wildman–Crippen LogP) is 1.66. The van der Waals surface area contributed by atoms with Crippen LogP contribution < -0.4 is 5.32 Å². The molecule has 0 bridgehead atoms. The lowest BCUT2D eigenvalue weighted by atomic mass is 10.1. The van der Waals surface area contributed by atoms with Crippen molar-refractivity contribution in [3.63, 3.8) is 0 Å². The molecule has 7 nitrogen and oxygen atoms in total. The van der Waals surface area contributed by atoms with Gasteiger partial charge in [-0.25, -0.2) is 9.59 Å². The first-order valence-corrected chi connectivity index (χ1v) is 8.11. The summed E-state index contributed by atoms with van der Waals surface area (Å²) in [5.74, 6) is -1.35. The number of methoxy groups -OCH3 is 2. The van der Waals surface area contributed by atoms with E-state index < -0.39 is 11.9 Å². The lowest BCUT2D eigenvalue weighted by Gasteiger charge is -2.13. The van der Waals surface area contributed by atoms with Crippen molar-refractivity contribution >= 4 is 34.2 Å². The van der Waals surface area contributed by atoms with E-state index in [9.17, 15) is 14.4 Å². The molecule has 0 radical (unpaired) electrons. The van der Waals surface area contributed by atoms with Crippen molar-refractivity contribution in [2.45, 2.75) is 19.8 Å². The van der Waals surface area contributed by atoms with Gasteiger partial charge in [0.05, 0.1) is 26.3 Å². The first-order valence-electron chi connectivity index (χ1n) is 7.30. The Morgan fingerprint density at radius 1 is 1.13 bits per heavy atom. The molecule has 2 rings (SSSR count). The zero-order valence-electron chi connectivity index (χ0n) is 13.4. The van der Waals surface area contributed by atoms with Gasteiger partial charge in [-0.15, -0.1) is 11.3 Å². The average Bonchev–Trinajstić information content (AvgIpc) is 3.14. The van der Waals surface area contributed by atoms with E-state index in [1.54, 1.807) is 6.92 Å². The summed E-state index contributed by atoms with van der Waals surface area (Å²) in [5.41, 5.74) is 0.651. The number of carbonyl (C=O) groups excluding carboxylic acids is 3. The van der Waals surface area contributed by atoms with Crippen LogP contribution in [0.25, 0.3) is 0 Å². The zero-order valence-corrected chi connectivity index (χ0v) is 14.2. The summed E-state index contributed by atoms with van der Waals surface area (Å²) in [5, 5.41) is 3.04. The number of nitrogens with zero attached hydrogens (tertiary/aromatic N) is 1. The molecule has 1 N–H and O–H groups in total. The number of thiophene rings is 1. The summed E-state index contributed by atoms with van der Waals surface area (Å²) in [6.45, 7) is 3.69. The highest BCUT2D eigenvalue weighted by Crippen LogP contribution is 2.34. The van der Waals surface area contributed by atoms with Crippen molar-refractivity contribution in [2.75, 3.05) is 39.2 Å². The van der Waals surface area contributed by atoms with E-state index in [4.69, 9.17) is 9.47 Å². The van der Waals surface area contributed by atoms with Gasteiger partial charge in [-0.3, -0.25) is 9.69 Å². The minimum Gasteiger partial charge on any atom is -0.465 e. The summed E-state index contributed by atoms with van der Waals surface area (Å²) in [6, 6.07) is 0. The molecule has 0 saturated carbocycles. The van der Waals surface area contributed by atoms with Crippen molar-refractivity contribution in [3.05, 3.63) is 16.0 Å². The Bertz CT molecular complexity index is 620. The van der Waals surface area contributed by atoms with Crippen molar-refractivity contribution in [1.82, 2.24) is 4.90 Å². The summed E-state index contributed by atoms with van der Waals surface area (Å²) in [6.07, 6.45) is 2.18. The lowest BCUT2D eigenvalue weighted by Crippen LogP contribution is -2.31. The van der Waals surface area contributed by atoms with Gasteiger partial charge >= 0.3 is 11.9 Å². The molecule has 0 aromatic carbocycles. The SMILES string of the molecule is COC(=O)c1sc(NC(=O)CN2CCCC2)c(C(=O)OC)c1C. The number of rotatable bonds is 5. The Morgan fingerprint density at radius 2 is 1.74 bits per heavy atom. The molecule has 1 aliphatic rings. The second kappa shape index (κ2) is 7.56. The van der Waals surface area contributed by atoms with Gasteiger partial charge in [0, 0.05) is 0 Å². The van der Waals surface area contributed by atoms with Crippen LogP contribution in [0.4, 0.5) is 5.00 Å². The molecule has 1 aromatic rings. The Balaban J connectivity index is 2.23. The van der Waals surface area contributed by atoms with E-state index in [1.165, 1.54) is 14.2 Å². The number of hydrogen-bond donors (Lipinski definition) is 1. The van der Waals surface area contributed by atoms with Crippen LogP contribution in [0.5, 0.6) is 0 Å². The van der Waals surface area contributed by atoms with Gasteiger partial charge in [0.2, 0.25) is 5.91 Å². The quantitative estimate of drug-likeness (QED) is 0.821. The Labute approximate surface area is 138 Å². The van der Waals surface area contributed by atoms with E-state index in [-0.39, 0.29) is 22.9 Å². The van der Waals surface area contributed by atoms with Crippen LogP contribution in [0.15, 0.2) is 0 Å². The molecule has 126 valence electrons. The Hall–Kier alpha value is -1.93. The summed E-state index contributed by atoms with van der Waals surface area (Å²) >= 11 is 1.02. The third-order valence-electron chi connectivity index (χ3n) is 3.73. The van der Waals surface area contributed by atoms with Gasteiger partial charge in [-0.2, -0.15) is 0 Å². The molecule has 0 unspecified atom stereocenters. The standard InChI is InChI=1S/C15H20N2O5S/c1-9-11(14(19)21-2)13(23-12(9)15(20)22-3)16-10(18)8-17-6-4-5-7-17/h4-8H2,1-3H3,(H,16,18). The molecule has 0 atom stereocenters. The summed E-state index contributed by atoms with van der Waals surface area (Å²) in [7, 11) is 2.53. The fourth-order valence-corrected chi connectivity index (χ4v) is 3.68. The van der Waals surface area contributed by atoms with Gasteiger partial charge < -0.3 is 14.8 Å². The molecule has 0 spiro atoms. The van der Waals surface area contributed by atoms with Crippen molar-refractivity contribution in [2.24, 2.45) is 0 Å². The van der Waals surface area contributed by atoms with Crippen molar-refractivity contribution < 1.29 is 23.9 Å². The number of esters is 2. The van der Waals surface area contributed by atoms with Gasteiger partial charge in [0.15, 0.2) is 0 Å². The maximum Gasteiger partial charge on any atom is 0.348 e. The number of carbonyl (C=O) groups is 3. The maximum atomic E-state index is 12.2. The second-order valence-corrected chi connectivity index (χ2v) is 6.30. The molecule has 23 heavy (non-hydrogen) atoms. The van der Waals surface area contributed by atoms with Gasteiger partial charge in [-0.1, -0.05) is 0 Å². The predicted molar refractivity (Wildman–Crippen MR) is 86.0 cm³/mol. The molecular formula is C15H20N2O5S. The third-order valence-corrected chi connectivity index (χ3v) is 4.91. The van der Waals surface area contributed by atoms with Crippen molar-refractivity contribution in [1.29, 1.82) is 0 Å². The van der Waals surface area contributed by atoms with Crippen LogP contribution in [-0.2, 0) is 14.3 Å². The smallest absolute Gasteiger partial charge is 0.348 e. The normalized spacial score (nSPS) is 14.6. The van der Waals surface area contributed by atoms with Crippen LogP contribution >= 0.6 is 11.3 Å². The number of likely N-dealkylation sites (tertiary alicyclic amines) is 1. The van der Waals surface area contributed by atoms with E-state index in [2.05, 4.69) is 10.2 Å². The molecule has 2 heterocycles. The highest BCUT2D eigenvalue weighted by Gasteiger charge is 2.27. The largest absolute Gasteiger partial charge is 0.465 e. The number of hydrogen-bond acceptors (Lipinski definition) is 7. The van der Waals surface area contributed by atoms with Crippen LogP contribution in [0, 0.1) is 6.92 Å². The average molecular weight is 340 g/mol. The minimum atomic E-state index is -0.592. The molecule has 0 aliphatic carbocycles. The van der Waals surface area contributed by atoms with Crippen LogP contribution in [0.3, 0.4) is 0 Å². The van der Waals surface area contributed by atoms with Crippen LogP contribution in [0.2, 0.25) is 0 Å². The molecule has 1 aromatic heterocycles. The van der Waals surface area contributed by atoms with Gasteiger partial charge in [0.25, 0.3) is 0 Å². The molecule has 1 amide bonds. The highest BCUT2D eigenvalue weighted by atomic mass is 32.1.